The normalized spacial score (nSPS) is 10.0. The first-order valence-corrected chi connectivity index (χ1v) is 5.36. The van der Waals surface area contributed by atoms with Gasteiger partial charge in [0.2, 0.25) is 5.95 Å². The molecule has 0 saturated carbocycles. The monoisotopic (exact) mass is 296 g/mol. The van der Waals surface area contributed by atoms with Crippen molar-refractivity contribution < 1.29 is 9.18 Å². The van der Waals surface area contributed by atoms with Crippen molar-refractivity contribution in [1.29, 1.82) is 0 Å². The van der Waals surface area contributed by atoms with E-state index in [1.807, 2.05) is 0 Å². The van der Waals surface area contributed by atoms with Crippen LogP contribution < -0.4 is 5.32 Å². The maximum atomic E-state index is 12.8. The fourth-order valence-electron chi connectivity index (χ4n) is 1.15. The Kier molecular flexibility index (Phi) is 3.38. The second kappa shape index (κ2) is 4.96. The van der Waals surface area contributed by atoms with Crippen LogP contribution in [0.5, 0.6) is 0 Å². The van der Waals surface area contributed by atoms with Gasteiger partial charge in [-0.3, -0.25) is 10.1 Å². The molecule has 86 valence electrons. The number of amides is 1. The van der Waals surface area contributed by atoms with Crippen molar-refractivity contribution in [2.45, 2.75) is 0 Å². The van der Waals surface area contributed by atoms with Gasteiger partial charge in [0.1, 0.15) is 5.82 Å². The van der Waals surface area contributed by atoms with Gasteiger partial charge in [-0.05, 0) is 34.1 Å². The molecule has 0 saturated heterocycles. The van der Waals surface area contributed by atoms with Crippen molar-refractivity contribution in [3.63, 3.8) is 0 Å². The Morgan fingerprint density at radius 3 is 2.82 bits per heavy atom. The Balaban J connectivity index is 2.21. The molecular weight excluding hydrogens is 291 g/mol. The van der Waals surface area contributed by atoms with Gasteiger partial charge in [-0.1, -0.05) is 0 Å². The summed E-state index contributed by atoms with van der Waals surface area (Å²) in [5, 5.41) is 9.62. The average Bonchev–Trinajstić information content (AvgIpc) is 2.30. The summed E-state index contributed by atoms with van der Waals surface area (Å²) in [6.07, 6.45) is 2.80. The molecule has 0 radical (unpaired) electrons. The number of aromatic nitrogens is 3. The number of halogens is 2. The Labute approximate surface area is 104 Å². The molecule has 0 fully saturated rings. The van der Waals surface area contributed by atoms with Gasteiger partial charge >= 0.3 is 0 Å². The van der Waals surface area contributed by atoms with Gasteiger partial charge in [0, 0.05) is 4.47 Å². The summed E-state index contributed by atoms with van der Waals surface area (Å²) in [6.45, 7) is 0. The maximum absolute atomic E-state index is 12.8. The van der Waals surface area contributed by atoms with Crippen molar-refractivity contribution in [1.82, 2.24) is 15.2 Å². The second-order valence-electron chi connectivity index (χ2n) is 3.04. The summed E-state index contributed by atoms with van der Waals surface area (Å²) in [5.41, 5.74) is 0.291. The third kappa shape index (κ3) is 2.82. The van der Waals surface area contributed by atoms with Crippen LogP contribution in [0, 0.1) is 5.82 Å². The minimum atomic E-state index is -0.440. The SMILES string of the molecule is O=C(Nc1nccnn1)c1ccc(F)cc1Br. The molecule has 0 atom stereocenters. The van der Waals surface area contributed by atoms with Crippen molar-refractivity contribution >= 4 is 27.8 Å². The van der Waals surface area contributed by atoms with Crippen molar-refractivity contribution in [2.75, 3.05) is 5.32 Å². The van der Waals surface area contributed by atoms with Crippen LogP contribution in [0.15, 0.2) is 35.1 Å². The van der Waals surface area contributed by atoms with Crippen molar-refractivity contribution in [2.24, 2.45) is 0 Å². The van der Waals surface area contributed by atoms with Crippen LogP contribution in [0.25, 0.3) is 0 Å². The number of nitrogens with zero attached hydrogens (tertiary/aromatic N) is 3. The molecule has 7 heteroatoms. The molecule has 2 aromatic rings. The number of benzene rings is 1. The molecule has 2 rings (SSSR count). The van der Waals surface area contributed by atoms with Crippen LogP contribution in [0.3, 0.4) is 0 Å². The first-order valence-electron chi connectivity index (χ1n) is 4.57. The minimum absolute atomic E-state index is 0.0914. The van der Waals surface area contributed by atoms with Gasteiger partial charge in [0.05, 0.1) is 18.0 Å². The average molecular weight is 297 g/mol. The van der Waals surface area contributed by atoms with Crippen molar-refractivity contribution in [3.05, 3.63) is 46.4 Å². The van der Waals surface area contributed by atoms with Gasteiger partial charge in [-0.25, -0.2) is 9.37 Å². The third-order valence-corrected chi connectivity index (χ3v) is 2.54. The first kappa shape index (κ1) is 11.6. The van der Waals surface area contributed by atoms with Crippen LogP contribution in [0.1, 0.15) is 10.4 Å². The highest BCUT2D eigenvalue weighted by Gasteiger charge is 2.11. The molecule has 1 N–H and O–H groups in total. The van der Waals surface area contributed by atoms with E-state index < -0.39 is 11.7 Å². The zero-order chi connectivity index (χ0) is 12.3. The standard InChI is InChI=1S/C10H6BrFN4O/c11-8-5-6(12)1-2-7(8)9(17)15-10-13-3-4-14-16-10/h1-5H,(H,13,15,16,17). The quantitative estimate of drug-likeness (QED) is 0.921. The lowest BCUT2D eigenvalue weighted by atomic mass is 10.2. The van der Waals surface area contributed by atoms with E-state index in [-0.39, 0.29) is 5.95 Å². The topological polar surface area (TPSA) is 67.8 Å². The van der Waals surface area contributed by atoms with Gasteiger partial charge in [-0.15, -0.1) is 5.10 Å². The highest BCUT2D eigenvalue weighted by atomic mass is 79.9. The van der Waals surface area contributed by atoms with E-state index in [0.717, 1.165) is 0 Å². The number of hydrogen-bond acceptors (Lipinski definition) is 4. The molecule has 1 aromatic heterocycles. The van der Waals surface area contributed by atoms with Crippen LogP contribution in [0.4, 0.5) is 10.3 Å². The molecule has 0 bridgehead atoms. The van der Waals surface area contributed by atoms with Crippen LogP contribution >= 0.6 is 15.9 Å². The number of nitrogens with one attached hydrogen (secondary N) is 1. The number of carbonyl (C=O) groups excluding carboxylic acids is 1. The highest BCUT2D eigenvalue weighted by Crippen LogP contribution is 2.18. The zero-order valence-corrected chi connectivity index (χ0v) is 9.98. The molecule has 17 heavy (non-hydrogen) atoms. The molecule has 0 aliphatic carbocycles. The van der Waals surface area contributed by atoms with E-state index in [0.29, 0.717) is 10.0 Å². The predicted octanol–water partition coefficient (Wildman–Crippen LogP) is 2.03. The summed E-state index contributed by atoms with van der Waals surface area (Å²) in [4.78, 5) is 15.6. The summed E-state index contributed by atoms with van der Waals surface area (Å²) in [6, 6.07) is 3.77. The van der Waals surface area contributed by atoms with Gasteiger partial charge in [-0.2, -0.15) is 5.10 Å². The van der Waals surface area contributed by atoms with Crippen LogP contribution in [-0.4, -0.2) is 21.1 Å². The zero-order valence-electron chi connectivity index (χ0n) is 8.39. The van der Waals surface area contributed by atoms with Gasteiger partial charge in [0.15, 0.2) is 0 Å². The van der Waals surface area contributed by atoms with Gasteiger partial charge in [0.25, 0.3) is 5.91 Å². The largest absolute Gasteiger partial charge is 0.289 e. The van der Waals surface area contributed by atoms with E-state index in [9.17, 15) is 9.18 Å². The Bertz CT molecular complexity index is 549. The third-order valence-electron chi connectivity index (χ3n) is 1.88. The van der Waals surface area contributed by atoms with E-state index in [4.69, 9.17) is 0 Å². The van der Waals surface area contributed by atoms with E-state index >= 15 is 0 Å². The van der Waals surface area contributed by atoms with E-state index in [2.05, 4.69) is 36.4 Å². The number of hydrogen-bond donors (Lipinski definition) is 1. The number of carbonyl (C=O) groups is 1. The fourth-order valence-corrected chi connectivity index (χ4v) is 1.68. The number of rotatable bonds is 2. The summed E-state index contributed by atoms with van der Waals surface area (Å²) in [5.74, 6) is -0.773. The van der Waals surface area contributed by atoms with E-state index in [1.165, 1.54) is 30.6 Å². The van der Waals surface area contributed by atoms with Crippen molar-refractivity contribution in [3.8, 4) is 0 Å². The Morgan fingerprint density at radius 1 is 1.35 bits per heavy atom. The Morgan fingerprint density at radius 2 is 2.18 bits per heavy atom. The lowest BCUT2D eigenvalue weighted by molar-refractivity contribution is 0.102. The number of anilines is 1. The first-order chi connectivity index (χ1) is 8.16. The van der Waals surface area contributed by atoms with Gasteiger partial charge < -0.3 is 0 Å². The highest BCUT2D eigenvalue weighted by molar-refractivity contribution is 9.10. The van der Waals surface area contributed by atoms with Crippen LogP contribution in [0.2, 0.25) is 0 Å². The summed E-state index contributed by atoms with van der Waals surface area (Å²) >= 11 is 3.10. The summed E-state index contributed by atoms with van der Waals surface area (Å²) < 4.78 is 13.2. The molecule has 0 aliphatic heterocycles. The Hall–Kier alpha value is -1.89. The lowest BCUT2D eigenvalue weighted by Gasteiger charge is -2.04. The lowest BCUT2D eigenvalue weighted by Crippen LogP contribution is -2.15. The molecule has 0 aliphatic rings. The van der Waals surface area contributed by atoms with E-state index in [1.54, 1.807) is 0 Å². The molecule has 5 nitrogen and oxygen atoms in total. The van der Waals surface area contributed by atoms with Crippen LogP contribution in [-0.2, 0) is 0 Å². The minimum Gasteiger partial charge on any atom is -0.289 e. The molecular formula is C10H6BrFN4O. The molecule has 1 heterocycles. The molecule has 0 spiro atoms. The maximum Gasteiger partial charge on any atom is 0.259 e. The molecule has 0 unspecified atom stereocenters. The summed E-state index contributed by atoms with van der Waals surface area (Å²) in [7, 11) is 0. The molecule has 1 aromatic carbocycles. The second-order valence-corrected chi connectivity index (χ2v) is 3.90. The fraction of sp³-hybridized carbons (Fsp3) is 0. The predicted molar refractivity (Wildman–Crippen MR) is 61.9 cm³/mol. The molecule has 1 amide bonds. The smallest absolute Gasteiger partial charge is 0.259 e.